The van der Waals surface area contributed by atoms with E-state index in [1.165, 1.54) is 38.1 Å². The molecule has 2 aromatic carbocycles. The second kappa shape index (κ2) is 23.8. The molecule has 0 radical (unpaired) electrons. The van der Waals surface area contributed by atoms with Gasteiger partial charge in [-0.2, -0.15) is 0 Å². The Morgan fingerprint density at radius 3 is 1.28 bits per heavy atom. The third-order valence-electron chi connectivity index (χ3n) is 13.6. The molecule has 6 heterocycles. The lowest BCUT2D eigenvalue weighted by molar-refractivity contribution is -0.121. The van der Waals surface area contributed by atoms with Gasteiger partial charge in [-0.1, -0.05) is 41.5 Å². The van der Waals surface area contributed by atoms with E-state index in [9.17, 15) is 37.4 Å². The number of halogens is 4. The van der Waals surface area contributed by atoms with Gasteiger partial charge in [0, 0.05) is 100 Å². The van der Waals surface area contributed by atoms with Crippen molar-refractivity contribution in [3.8, 4) is 11.8 Å². The van der Waals surface area contributed by atoms with E-state index in [1.54, 1.807) is 0 Å². The summed E-state index contributed by atoms with van der Waals surface area (Å²) in [6.45, 7) is 18.2. The number of carbonyl (C=O) groups is 2. The van der Waals surface area contributed by atoms with Gasteiger partial charge in [-0.05, 0) is 95.2 Å². The maximum Gasteiger partial charge on any atom is 0.218 e. The molecule has 404 valence electrons. The second-order valence-corrected chi connectivity index (χ2v) is 23.2. The Hall–Kier alpha value is -5.24. The Balaban J connectivity index is 0.000000216. The van der Waals surface area contributed by atoms with Crippen molar-refractivity contribution in [3.63, 3.8) is 0 Å². The third-order valence-corrected chi connectivity index (χ3v) is 13.6. The van der Waals surface area contributed by atoms with Crippen molar-refractivity contribution in [3.05, 3.63) is 118 Å². The van der Waals surface area contributed by atoms with Gasteiger partial charge in [-0.3, -0.25) is 9.59 Å². The molecule has 4 aliphatic heterocycles. The summed E-state index contributed by atoms with van der Waals surface area (Å²) in [4.78, 5) is 33.0. The number of nitrogens with zero attached hydrogens (tertiary/aromatic N) is 2. The first kappa shape index (κ1) is 56.5. The largest absolute Gasteiger partial charge is 0.468 e. The molecule has 0 unspecified atom stereocenters. The number of hydrogen-bond donors (Lipinski definition) is 6. The molecule has 4 aliphatic rings. The van der Waals surface area contributed by atoms with Crippen molar-refractivity contribution in [1.29, 1.82) is 0 Å². The van der Waals surface area contributed by atoms with E-state index in [1.807, 2.05) is 12.4 Å². The van der Waals surface area contributed by atoms with Gasteiger partial charge in [0.25, 0.3) is 0 Å². The van der Waals surface area contributed by atoms with E-state index in [4.69, 9.17) is 18.9 Å². The summed E-state index contributed by atoms with van der Waals surface area (Å²) < 4.78 is 78.9. The quantitative estimate of drug-likeness (QED) is 0.0619. The van der Waals surface area contributed by atoms with Crippen molar-refractivity contribution in [2.45, 2.75) is 154 Å². The molecule has 6 N–H and O–H groups in total. The van der Waals surface area contributed by atoms with Crippen molar-refractivity contribution in [2.75, 3.05) is 39.5 Å². The van der Waals surface area contributed by atoms with Crippen LogP contribution in [0.5, 0.6) is 11.8 Å². The maximum absolute atomic E-state index is 13.7. The van der Waals surface area contributed by atoms with Crippen LogP contribution in [0.4, 0.5) is 17.6 Å². The number of hydrogen-bond acceptors (Lipinski definition) is 12. The van der Waals surface area contributed by atoms with Crippen LogP contribution in [0.3, 0.4) is 0 Å². The summed E-state index contributed by atoms with van der Waals surface area (Å²) in [5.41, 5.74) is 3.98. The molecule has 2 amide bonds. The molecule has 8 rings (SSSR count). The zero-order valence-corrected chi connectivity index (χ0v) is 43.9. The average molecular weight is 1040 g/mol. The second-order valence-electron chi connectivity index (χ2n) is 23.2. The molecule has 8 atom stereocenters. The van der Waals surface area contributed by atoms with Crippen molar-refractivity contribution < 1.29 is 56.3 Å². The zero-order valence-electron chi connectivity index (χ0n) is 43.9. The van der Waals surface area contributed by atoms with Crippen LogP contribution in [0.15, 0.2) is 60.9 Å². The number of aliphatic hydroxyl groups excluding tert-OH is 2. The minimum Gasteiger partial charge on any atom is -0.468 e. The number of aliphatic hydroxyl groups is 2. The van der Waals surface area contributed by atoms with Crippen LogP contribution in [0, 0.1) is 34.1 Å². The average Bonchev–Trinajstić information content (AvgIpc) is 3.94. The summed E-state index contributed by atoms with van der Waals surface area (Å²) in [5, 5.41) is 34.5. The first-order valence-corrected chi connectivity index (χ1v) is 25.6. The molecule has 0 bridgehead atoms. The fourth-order valence-corrected chi connectivity index (χ4v) is 10.5. The normalized spacial score (nSPS) is 22.8. The Bertz CT molecular complexity index is 2360. The van der Waals surface area contributed by atoms with Gasteiger partial charge in [-0.25, -0.2) is 27.5 Å². The smallest absolute Gasteiger partial charge is 0.218 e. The van der Waals surface area contributed by atoms with Crippen molar-refractivity contribution in [2.24, 2.45) is 10.8 Å². The first-order chi connectivity index (χ1) is 34.8. The first-order valence-electron chi connectivity index (χ1n) is 25.6. The monoisotopic (exact) mass is 1030 g/mol. The molecule has 74 heavy (non-hydrogen) atoms. The number of ether oxygens (including phenoxy) is 4. The lowest BCUT2D eigenvalue weighted by Crippen LogP contribution is -2.50. The van der Waals surface area contributed by atoms with Gasteiger partial charge in [0.2, 0.25) is 23.6 Å². The SMILES string of the molecule is CC(=O)N[C@@H](Cc1cc(F)cc(F)c1)[C@H](O)CN[C@@H]1C[C@@]2(CCOC2)Oc2ncc(CC(C)(C)C)cc21.CC(=O)N[C@@H](Cc1cc(F)cc(F)c1)[C@H](O)CN[C@@H]1C[C@]2(CCOC2)Oc2ncc(CC(C)(C)C)cc21. The minimum absolute atomic E-state index is 0.0799. The van der Waals surface area contributed by atoms with Gasteiger partial charge in [0.05, 0.1) is 50.7 Å². The highest BCUT2D eigenvalue weighted by molar-refractivity contribution is 5.73. The number of aromatic nitrogens is 2. The zero-order chi connectivity index (χ0) is 53.6. The van der Waals surface area contributed by atoms with Gasteiger partial charge >= 0.3 is 0 Å². The topological polar surface area (TPSA) is 185 Å². The molecule has 18 heteroatoms. The molecule has 0 aliphatic carbocycles. The van der Waals surface area contributed by atoms with Crippen molar-refractivity contribution >= 4 is 11.8 Å². The third kappa shape index (κ3) is 15.9. The van der Waals surface area contributed by atoms with E-state index < -0.39 is 58.8 Å². The summed E-state index contributed by atoms with van der Waals surface area (Å²) >= 11 is 0. The fourth-order valence-electron chi connectivity index (χ4n) is 10.5. The maximum atomic E-state index is 13.7. The van der Waals surface area contributed by atoms with Crippen LogP contribution in [-0.4, -0.2) is 107 Å². The van der Waals surface area contributed by atoms with Crippen LogP contribution in [0.25, 0.3) is 0 Å². The molecule has 14 nitrogen and oxygen atoms in total. The van der Waals surface area contributed by atoms with Gasteiger partial charge < -0.3 is 50.4 Å². The van der Waals surface area contributed by atoms with Gasteiger partial charge in [0.15, 0.2) is 0 Å². The standard InChI is InChI=1S/2C28H37F2N3O4/c2*1-17(34)33-23(10-18-7-20(29)11-21(30)8-18)25(35)15-31-24-13-28(5-6-36-16-28)37-26-22(24)9-19(14-32-26)12-27(2,3)4/h2*7-9,11,14,23-25,31,35H,5-6,10,12-13,15-16H2,1-4H3,(H,33,34)/t23-,24+,25+,28+;23-,24+,25+,28-/m00/s1. The van der Waals surface area contributed by atoms with Crippen LogP contribution in [0.1, 0.15) is 127 Å². The Kier molecular flexibility index (Phi) is 18.1. The number of rotatable bonds is 16. The number of pyridine rings is 2. The van der Waals surface area contributed by atoms with Crippen LogP contribution < -0.4 is 30.7 Å². The lowest BCUT2D eigenvalue weighted by atomic mass is 9.85. The molecule has 2 spiro atoms. The van der Waals surface area contributed by atoms with Crippen molar-refractivity contribution in [1.82, 2.24) is 31.2 Å². The van der Waals surface area contributed by atoms with Crippen LogP contribution in [0.2, 0.25) is 0 Å². The Morgan fingerprint density at radius 1 is 0.608 bits per heavy atom. The van der Waals surface area contributed by atoms with Crippen LogP contribution >= 0.6 is 0 Å². The number of amides is 2. The van der Waals surface area contributed by atoms with E-state index in [0.717, 1.165) is 60.1 Å². The summed E-state index contributed by atoms with van der Waals surface area (Å²) in [6.07, 6.45) is 6.35. The number of benzene rings is 2. The number of nitrogens with one attached hydrogen (secondary N) is 4. The predicted molar refractivity (Wildman–Crippen MR) is 270 cm³/mol. The summed E-state index contributed by atoms with van der Waals surface area (Å²) in [7, 11) is 0. The molecule has 4 aromatic rings. The van der Waals surface area contributed by atoms with Crippen LogP contribution in [-0.2, 0) is 44.7 Å². The molecule has 2 fully saturated rings. The van der Waals surface area contributed by atoms with Gasteiger partial charge in [-0.15, -0.1) is 0 Å². The molecular weight excluding hydrogens is 961 g/mol. The minimum atomic E-state index is -1.01. The predicted octanol–water partition coefficient (Wildman–Crippen LogP) is 7.26. The van der Waals surface area contributed by atoms with E-state index >= 15 is 0 Å². The van der Waals surface area contributed by atoms with E-state index in [-0.39, 0.29) is 60.7 Å². The van der Waals surface area contributed by atoms with Gasteiger partial charge in [0.1, 0.15) is 34.5 Å². The molecule has 0 saturated carbocycles. The van der Waals surface area contributed by atoms with E-state index in [2.05, 4.69) is 84.9 Å². The molecule has 2 saturated heterocycles. The lowest BCUT2D eigenvalue weighted by Gasteiger charge is -2.39. The molecule has 2 aromatic heterocycles. The molecular formula is C56H74F4N6O8. The Morgan fingerprint density at radius 2 is 0.973 bits per heavy atom. The highest BCUT2D eigenvalue weighted by atomic mass is 19.1. The van der Waals surface area contributed by atoms with E-state index in [0.29, 0.717) is 62.2 Å². The summed E-state index contributed by atoms with van der Waals surface area (Å²) in [6, 6.07) is 8.86. The Labute approximate surface area is 432 Å². The highest BCUT2D eigenvalue weighted by Crippen LogP contribution is 2.44. The highest BCUT2D eigenvalue weighted by Gasteiger charge is 2.46. The summed E-state index contributed by atoms with van der Waals surface area (Å²) in [5.74, 6) is -2.36. The fraction of sp³-hybridized carbons (Fsp3) is 0.571. The number of carbonyl (C=O) groups excluding carboxylic acids is 2. The number of fused-ring (bicyclic) bond motifs is 2.